The van der Waals surface area contributed by atoms with Gasteiger partial charge in [-0.15, -0.1) is 18.3 Å². The van der Waals surface area contributed by atoms with Crippen LogP contribution < -0.4 is 15.0 Å². The maximum absolute atomic E-state index is 13.2. The van der Waals surface area contributed by atoms with Crippen molar-refractivity contribution < 1.29 is 22.7 Å². The quantitative estimate of drug-likeness (QED) is 0.241. The number of nitrogens with zero attached hydrogens (tertiary/aromatic N) is 5. The van der Waals surface area contributed by atoms with E-state index in [-0.39, 0.29) is 11.8 Å². The Morgan fingerprint density at radius 3 is 2.34 bits per heavy atom. The predicted molar refractivity (Wildman–Crippen MR) is 165 cm³/mol. The first-order valence-electron chi connectivity index (χ1n) is 14.3. The molecule has 1 aromatic heterocycles. The minimum atomic E-state index is -4.75. The summed E-state index contributed by atoms with van der Waals surface area (Å²) in [5.74, 6) is 1.07. The molecule has 3 aromatic carbocycles. The third-order valence-corrected chi connectivity index (χ3v) is 8.77. The number of hydrogen-bond acceptors (Lipinski definition) is 5. The minimum absolute atomic E-state index is 0.309. The summed E-state index contributed by atoms with van der Waals surface area (Å²) in [6.45, 7) is 7.11. The Labute approximate surface area is 257 Å². The van der Waals surface area contributed by atoms with Crippen molar-refractivity contribution >= 4 is 28.6 Å². The van der Waals surface area contributed by atoms with Crippen molar-refractivity contribution in [2.75, 3.05) is 17.2 Å². The minimum Gasteiger partial charge on any atom is -0.406 e. The number of rotatable bonds is 6. The van der Waals surface area contributed by atoms with Crippen molar-refractivity contribution in [1.29, 1.82) is 0 Å². The fourth-order valence-corrected chi connectivity index (χ4v) is 6.59. The Balaban J connectivity index is 1.14. The summed E-state index contributed by atoms with van der Waals surface area (Å²) >= 11 is 1.61. The first kappa shape index (κ1) is 29.7. The molecule has 1 aliphatic carbocycles. The summed E-state index contributed by atoms with van der Waals surface area (Å²) in [5, 5.41) is 8.36. The summed E-state index contributed by atoms with van der Waals surface area (Å²) in [6, 6.07) is 17.1. The van der Waals surface area contributed by atoms with Gasteiger partial charge in [-0.1, -0.05) is 53.7 Å². The zero-order valence-corrected chi connectivity index (χ0v) is 25.3. The van der Waals surface area contributed by atoms with E-state index in [2.05, 4.69) is 62.9 Å². The molecule has 0 radical (unpaired) electrons. The topological polar surface area (TPSA) is 84.6 Å². The second-order valence-corrected chi connectivity index (χ2v) is 12.2. The highest BCUT2D eigenvalue weighted by atomic mass is 32.2. The van der Waals surface area contributed by atoms with Crippen LogP contribution in [-0.4, -0.2) is 44.6 Å². The van der Waals surface area contributed by atoms with Crippen LogP contribution in [0.1, 0.15) is 41.5 Å². The highest BCUT2D eigenvalue weighted by molar-refractivity contribution is 8.14. The van der Waals surface area contributed by atoms with Crippen LogP contribution in [0.3, 0.4) is 0 Å². The summed E-state index contributed by atoms with van der Waals surface area (Å²) in [7, 11) is 0. The van der Waals surface area contributed by atoms with E-state index >= 15 is 0 Å². The predicted octanol–water partition coefficient (Wildman–Crippen LogP) is 7.46. The molecule has 44 heavy (non-hydrogen) atoms. The van der Waals surface area contributed by atoms with Crippen LogP contribution in [0.4, 0.5) is 23.7 Å². The number of benzene rings is 3. The number of aromatic nitrogens is 3. The average Bonchev–Trinajstić information content (AvgIpc) is 3.57. The van der Waals surface area contributed by atoms with Gasteiger partial charge >= 0.3 is 12.4 Å². The fourth-order valence-electron chi connectivity index (χ4n) is 5.65. The molecule has 1 aliphatic heterocycles. The van der Waals surface area contributed by atoms with Crippen molar-refractivity contribution in [3.8, 4) is 22.8 Å². The largest absolute Gasteiger partial charge is 0.573 e. The molecule has 0 unspecified atom stereocenters. The van der Waals surface area contributed by atoms with Gasteiger partial charge in [0, 0.05) is 23.5 Å². The molecular weight excluding hydrogens is 589 g/mol. The lowest BCUT2D eigenvalue weighted by Crippen LogP contribution is -2.38. The Morgan fingerprint density at radius 1 is 1.02 bits per heavy atom. The molecule has 1 saturated heterocycles. The van der Waals surface area contributed by atoms with Gasteiger partial charge in [-0.25, -0.2) is 14.5 Å². The number of amides is 2. The molecule has 1 saturated carbocycles. The number of carbonyl (C=O) groups excluding carboxylic acids is 1. The number of anilines is 1. The number of aliphatic imine (C=N–C) groups is 1. The zero-order valence-electron chi connectivity index (χ0n) is 24.5. The number of thioether (sulfide) groups is 1. The molecule has 6 rings (SSSR count). The van der Waals surface area contributed by atoms with Gasteiger partial charge in [0.05, 0.1) is 11.2 Å². The van der Waals surface area contributed by atoms with Gasteiger partial charge in [0.15, 0.2) is 11.0 Å². The lowest BCUT2D eigenvalue weighted by Gasteiger charge is -2.32. The van der Waals surface area contributed by atoms with Crippen LogP contribution >= 0.6 is 11.8 Å². The SMILES string of the molecule is Cc1cc(C)c(N2CCCSC2=NC(=O)NC2(c3ccc(-c4ncn(-c5ccc(OC(F)(F)F)cc5)n4)cc3)CC2)c(C)c1. The highest BCUT2D eigenvalue weighted by Gasteiger charge is 2.46. The fraction of sp³-hybridized carbons (Fsp3) is 0.312. The van der Waals surface area contributed by atoms with Crippen LogP contribution in [0.5, 0.6) is 5.75 Å². The molecule has 0 atom stereocenters. The maximum atomic E-state index is 13.2. The number of carbonyl (C=O) groups is 1. The number of hydrogen-bond donors (Lipinski definition) is 1. The van der Waals surface area contributed by atoms with Gasteiger partial charge < -0.3 is 15.0 Å². The van der Waals surface area contributed by atoms with Crippen molar-refractivity contribution in [2.24, 2.45) is 4.99 Å². The van der Waals surface area contributed by atoms with E-state index in [9.17, 15) is 18.0 Å². The third kappa shape index (κ3) is 6.45. The van der Waals surface area contributed by atoms with Crippen LogP contribution in [0.2, 0.25) is 0 Å². The lowest BCUT2D eigenvalue weighted by atomic mass is 10.0. The average molecular weight is 621 g/mol. The van der Waals surface area contributed by atoms with Crippen molar-refractivity contribution in [1.82, 2.24) is 20.1 Å². The van der Waals surface area contributed by atoms with Crippen LogP contribution in [0.15, 0.2) is 72.0 Å². The summed E-state index contributed by atoms with van der Waals surface area (Å²) in [4.78, 5) is 24.3. The Morgan fingerprint density at radius 2 is 1.70 bits per heavy atom. The molecule has 8 nitrogen and oxygen atoms in total. The first-order chi connectivity index (χ1) is 21.0. The zero-order chi connectivity index (χ0) is 31.1. The normalized spacial score (nSPS) is 17.0. The van der Waals surface area contributed by atoms with Crippen LogP contribution in [0, 0.1) is 20.8 Å². The van der Waals surface area contributed by atoms with E-state index in [1.807, 2.05) is 24.3 Å². The standard InChI is InChI=1S/C32H31F3N6O2S/c1-20-17-21(2)27(22(3)18-20)40-15-4-16-44-30(40)37-29(42)38-31(13-14-31)24-7-5-23(6-8-24)28-36-19-41(39-28)25-9-11-26(12-10-25)43-32(33,34)35/h5-12,17-19H,4,13-16H2,1-3H3,(H,38,42). The first-order valence-corrected chi connectivity index (χ1v) is 15.3. The third-order valence-electron chi connectivity index (χ3n) is 7.71. The number of aryl methyl sites for hydroxylation is 3. The Bertz CT molecular complexity index is 1690. The number of ether oxygens (including phenoxy) is 1. The monoisotopic (exact) mass is 620 g/mol. The van der Waals surface area contributed by atoms with Gasteiger partial charge in [0.25, 0.3) is 0 Å². The molecule has 2 amide bonds. The molecule has 1 N–H and O–H groups in total. The summed E-state index contributed by atoms with van der Waals surface area (Å²) in [6.07, 6.45) is -0.602. The van der Waals surface area contributed by atoms with Gasteiger partial charge in [0.2, 0.25) is 0 Å². The highest BCUT2D eigenvalue weighted by Crippen LogP contribution is 2.46. The van der Waals surface area contributed by atoms with Gasteiger partial charge in [-0.05, 0) is 81.0 Å². The van der Waals surface area contributed by atoms with E-state index in [1.54, 1.807) is 11.8 Å². The number of alkyl halides is 3. The van der Waals surface area contributed by atoms with Crippen molar-refractivity contribution in [3.05, 3.63) is 89.2 Å². The summed E-state index contributed by atoms with van der Waals surface area (Å²) < 4.78 is 42.8. The van der Waals surface area contributed by atoms with Crippen molar-refractivity contribution in [2.45, 2.75) is 51.9 Å². The number of nitrogens with one attached hydrogen (secondary N) is 1. The second kappa shape index (κ2) is 11.6. The van der Waals surface area contributed by atoms with E-state index in [4.69, 9.17) is 0 Å². The molecule has 2 heterocycles. The number of amidine groups is 1. The molecule has 2 aliphatic rings. The number of halogens is 3. The van der Waals surface area contributed by atoms with Gasteiger partial charge in [-0.2, -0.15) is 4.99 Å². The van der Waals surface area contributed by atoms with E-state index < -0.39 is 11.9 Å². The number of urea groups is 1. The Hall–Kier alpha value is -4.32. The maximum Gasteiger partial charge on any atom is 0.573 e. The molecule has 2 fully saturated rings. The molecule has 0 bridgehead atoms. The van der Waals surface area contributed by atoms with Crippen LogP contribution in [0.25, 0.3) is 17.1 Å². The van der Waals surface area contributed by atoms with E-state index in [0.717, 1.165) is 53.5 Å². The van der Waals surface area contributed by atoms with Gasteiger partial charge in [-0.3, -0.25) is 0 Å². The smallest absolute Gasteiger partial charge is 0.406 e. The van der Waals surface area contributed by atoms with E-state index in [0.29, 0.717) is 11.5 Å². The molecule has 228 valence electrons. The van der Waals surface area contributed by atoms with Crippen molar-refractivity contribution in [3.63, 3.8) is 0 Å². The van der Waals surface area contributed by atoms with Gasteiger partial charge in [0.1, 0.15) is 12.1 Å². The second-order valence-electron chi connectivity index (χ2n) is 11.1. The van der Waals surface area contributed by atoms with Crippen LogP contribution in [-0.2, 0) is 5.54 Å². The van der Waals surface area contributed by atoms with E-state index in [1.165, 1.54) is 52.0 Å². The molecule has 0 spiro atoms. The molecule has 4 aromatic rings. The Kier molecular flexibility index (Phi) is 7.87. The lowest BCUT2D eigenvalue weighted by molar-refractivity contribution is -0.274. The molecular formula is C32H31F3N6O2S. The summed E-state index contributed by atoms with van der Waals surface area (Å²) in [5.41, 5.74) is 6.50. The molecule has 12 heteroatoms.